The summed E-state index contributed by atoms with van der Waals surface area (Å²) in [5, 5.41) is 2.99. The molecule has 3 heterocycles. The van der Waals surface area contributed by atoms with E-state index in [0.29, 0.717) is 16.9 Å². The molecule has 0 fully saturated rings. The number of nitrogens with one attached hydrogen (secondary N) is 1. The number of aliphatic imine (C=N–C) groups is 1. The van der Waals surface area contributed by atoms with E-state index in [-0.39, 0.29) is 5.56 Å². The van der Waals surface area contributed by atoms with Gasteiger partial charge in [-0.05, 0) is 39.3 Å². The number of H-pyrrole nitrogens is 1. The fourth-order valence-corrected chi connectivity index (χ4v) is 2.82. The lowest BCUT2D eigenvalue weighted by Gasteiger charge is -2.06. The Morgan fingerprint density at radius 1 is 1.35 bits per heavy atom. The van der Waals surface area contributed by atoms with Crippen molar-refractivity contribution in [2.75, 3.05) is 7.05 Å². The average molecular weight is 350 g/mol. The smallest absolute Gasteiger partial charge is 0.276 e. The third-order valence-corrected chi connectivity index (χ3v) is 4.36. The van der Waals surface area contributed by atoms with Gasteiger partial charge in [0.2, 0.25) is 0 Å². The molecule has 0 aliphatic rings. The summed E-state index contributed by atoms with van der Waals surface area (Å²) in [4.78, 5) is 26.1. The third kappa shape index (κ3) is 2.81. The second-order valence-electron chi connectivity index (χ2n) is 5.95. The van der Waals surface area contributed by atoms with Crippen LogP contribution in [0.3, 0.4) is 0 Å². The normalized spacial score (nSPS) is 13.3. The number of aromatic nitrogens is 5. The molecular weight excluding hydrogens is 328 g/mol. The van der Waals surface area contributed by atoms with E-state index in [0.717, 1.165) is 22.7 Å². The molecule has 1 N–H and O–H groups in total. The lowest BCUT2D eigenvalue weighted by Crippen LogP contribution is -2.20. The molecule has 0 aliphatic heterocycles. The molecule has 0 aliphatic carbocycles. The van der Waals surface area contributed by atoms with Crippen molar-refractivity contribution in [3.8, 4) is 5.69 Å². The highest BCUT2D eigenvalue weighted by atomic mass is 16.1. The van der Waals surface area contributed by atoms with Crippen molar-refractivity contribution in [1.82, 2.24) is 24.1 Å². The van der Waals surface area contributed by atoms with Crippen LogP contribution in [0, 0.1) is 6.92 Å². The zero-order valence-corrected chi connectivity index (χ0v) is 15.6. The van der Waals surface area contributed by atoms with Crippen molar-refractivity contribution in [1.29, 1.82) is 0 Å². The van der Waals surface area contributed by atoms with Crippen LogP contribution < -0.4 is 5.56 Å². The summed E-state index contributed by atoms with van der Waals surface area (Å²) < 4.78 is 3.30. The van der Waals surface area contributed by atoms with Crippen LogP contribution >= 0.6 is 0 Å². The average Bonchev–Trinajstić information content (AvgIpc) is 3.28. The van der Waals surface area contributed by atoms with Gasteiger partial charge in [-0.2, -0.15) is 4.52 Å². The van der Waals surface area contributed by atoms with Gasteiger partial charge in [-0.15, -0.1) is 0 Å². The van der Waals surface area contributed by atoms with Crippen LogP contribution in [0.15, 0.2) is 46.7 Å². The summed E-state index contributed by atoms with van der Waals surface area (Å²) in [7, 11) is 1.73. The van der Waals surface area contributed by atoms with Crippen molar-refractivity contribution in [2.45, 2.75) is 27.7 Å². The van der Waals surface area contributed by atoms with Crippen molar-refractivity contribution in [3.05, 3.63) is 64.3 Å². The van der Waals surface area contributed by atoms with Gasteiger partial charge < -0.3 is 4.57 Å². The second-order valence-corrected chi connectivity index (χ2v) is 5.95. The minimum Gasteiger partial charge on any atom is -0.301 e. The summed E-state index contributed by atoms with van der Waals surface area (Å²) in [6.07, 6.45) is 11.1. The highest BCUT2D eigenvalue weighted by Gasteiger charge is 2.16. The van der Waals surface area contributed by atoms with Crippen molar-refractivity contribution in [3.63, 3.8) is 0 Å². The molecular formula is C19H22N6O. The quantitative estimate of drug-likeness (QED) is 0.735. The molecule has 0 atom stereocenters. The van der Waals surface area contributed by atoms with Gasteiger partial charge in [-0.25, -0.2) is 9.97 Å². The number of hydrogen-bond acceptors (Lipinski definition) is 4. The highest BCUT2D eigenvalue weighted by molar-refractivity contribution is 6.07. The number of rotatable bonds is 4. The van der Waals surface area contributed by atoms with Gasteiger partial charge in [-0.1, -0.05) is 12.2 Å². The number of fused-ring (bicyclic) bond motifs is 1. The Kier molecular flexibility index (Phi) is 4.71. The van der Waals surface area contributed by atoms with E-state index < -0.39 is 0 Å². The van der Waals surface area contributed by atoms with E-state index in [2.05, 4.69) is 15.1 Å². The topological polar surface area (TPSA) is 80.3 Å². The Bertz CT molecular complexity index is 1110. The van der Waals surface area contributed by atoms with Gasteiger partial charge in [0.25, 0.3) is 5.56 Å². The second kappa shape index (κ2) is 6.95. The van der Waals surface area contributed by atoms with Crippen molar-refractivity contribution in [2.24, 2.45) is 4.99 Å². The Morgan fingerprint density at radius 3 is 2.77 bits per heavy atom. The monoisotopic (exact) mass is 350 g/mol. The molecule has 0 aromatic carbocycles. The zero-order chi connectivity index (χ0) is 18.8. The Morgan fingerprint density at radius 2 is 2.12 bits per heavy atom. The third-order valence-electron chi connectivity index (χ3n) is 4.36. The summed E-state index contributed by atoms with van der Waals surface area (Å²) in [6.45, 7) is 7.62. The maximum absolute atomic E-state index is 12.7. The van der Waals surface area contributed by atoms with Gasteiger partial charge in [0, 0.05) is 25.0 Å². The molecule has 0 saturated heterocycles. The van der Waals surface area contributed by atoms with Crippen LogP contribution in [0.1, 0.15) is 37.7 Å². The maximum Gasteiger partial charge on any atom is 0.276 e. The number of imidazole rings is 1. The molecule has 0 amide bonds. The zero-order valence-electron chi connectivity index (χ0n) is 15.6. The van der Waals surface area contributed by atoms with Crippen LogP contribution in [-0.2, 0) is 0 Å². The summed E-state index contributed by atoms with van der Waals surface area (Å²) in [5.74, 6) is 0. The minimum absolute atomic E-state index is 0.109. The molecule has 0 bridgehead atoms. The first-order valence-electron chi connectivity index (χ1n) is 8.40. The predicted molar refractivity (Wildman–Crippen MR) is 104 cm³/mol. The van der Waals surface area contributed by atoms with E-state index in [4.69, 9.17) is 4.98 Å². The molecule has 3 aromatic rings. The Balaban J connectivity index is 2.20. The molecule has 0 spiro atoms. The SMILES string of the molecule is CC=CC(=NC)c1cn(-c2c[nH]n3c(=O)c(C)c(/C(C)=C/C)nc23)cn1. The lowest BCUT2D eigenvalue weighted by atomic mass is 10.1. The summed E-state index contributed by atoms with van der Waals surface area (Å²) >= 11 is 0. The summed E-state index contributed by atoms with van der Waals surface area (Å²) in [5.41, 5.74) is 5.04. The van der Waals surface area contributed by atoms with Crippen molar-refractivity contribution >= 4 is 16.9 Å². The standard InChI is InChI=1S/C19H22N6O/c1-6-8-14(20-5)15-10-24(11-21-15)16-9-22-25-18(16)23-17(12(3)7-2)13(4)19(25)26/h6-11,22H,1-5H3/b8-6?,12-7+,20-14?. The first kappa shape index (κ1) is 17.6. The maximum atomic E-state index is 12.7. The number of allylic oxidation sites excluding steroid dienone is 4. The Labute approximate surface area is 151 Å². The number of hydrogen-bond donors (Lipinski definition) is 1. The molecule has 134 valence electrons. The van der Waals surface area contributed by atoms with Gasteiger partial charge in [0.1, 0.15) is 17.7 Å². The predicted octanol–water partition coefficient (Wildman–Crippen LogP) is 2.93. The van der Waals surface area contributed by atoms with Crippen molar-refractivity contribution < 1.29 is 0 Å². The van der Waals surface area contributed by atoms with Crippen LogP contribution in [0.2, 0.25) is 0 Å². The summed E-state index contributed by atoms with van der Waals surface area (Å²) in [6, 6.07) is 0. The number of nitrogens with zero attached hydrogens (tertiary/aromatic N) is 5. The van der Waals surface area contributed by atoms with Crippen LogP contribution in [0.4, 0.5) is 0 Å². The highest BCUT2D eigenvalue weighted by Crippen LogP contribution is 2.19. The molecule has 26 heavy (non-hydrogen) atoms. The van der Waals surface area contributed by atoms with Crippen LogP contribution in [-0.4, -0.2) is 36.9 Å². The van der Waals surface area contributed by atoms with Crippen LogP contribution in [0.25, 0.3) is 16.9 Å². The largest absolute Gasteiger partial charge is 0.301 e. The molecule has 0 unspecified atom stereocenters. The fourth-order valence-electron chi connectivity index (χ4n) is 2.82. The van der Waals surface area contributed by atoms with E-state index in [1.165, 1.54) is 4.52 Å². The molecule has 7 nitrogen and oxygen atoms in total. The van der Waals surface area contributed by atoms with E-state index in [9.17, 15) is 4.79 Å². The van der Waals surface area contributed by atoms with E-state index >= 15 is 0 Å². The minimum atomic E-state index is -0.109. The number of aromatic amines is 1. The lowest BCUT2D eigenvalue weighted by molar-refractivity contribution is 0.880. The van der Waals surface area contributed by atoms with Gasteiger partial charge in [-0.3, -0.25) is 14.9 Å². The molecule has 3 aromatic heterocycles. The molecule has 0 saturated carbocycles. The van der Waals surface area contributed by atoms with Gasteiger partial charge >= 0.3 is 0 Å². The Hall–Kier alpha value is -3.22. The van der Waals surface area contributed by atoms with E-state index in [1.807, 2.05) is 49.8 Å². The van der Waals surface area contributed by atoms with E-state index in [1.54, 1.807) is 26.5 Å². The first-order chi connectivity index (χ1) is 12.5. The molecule has 0 radical (unpaired) electrons. The molecule has 3 rings (SSSR count). The van der Waals surface area contributed by atoms with Crippen LogP contribution in [0.5, 0.6) is 0 Å². The molecule has 7 heteroatoms. The van der Waals surface area contributed by atoms with Gasteiger partial charge in [0.15, 0.2) is 5.65 Å². The van der Waals surface area contributed by atoms with Gasteiger partial charge in [0.05, 0.1) is 11.4 Å². The fraction of sp³-hybridized carbons (Fsp3) is 0.263. The first-order valence-corrected chi connectivity index (χ1v) is 8.40.